The van der Waals surface area contributed by atoms with Gasteiger partial charge in [-0.25, -0.2) is 8.78 Å². The van der Waals surface area contributed by atoms with Gasteiger partial charge in [-0.15, -0.1) is 0 Å². The van der Waals surface area contributed by atoms with E-state index < -0.39 is 11.6 Å². The summed E-state index contributed by atoms with van der Waals surface area (Å²) in [4.78, 5) is 26.2. The maximum Gasteiger partial charge on any atom is 0.220 e. The minimum atomic E-state index is -0.855. The van der Waals surface area contributed by atoms with E-state index in [0.717, 1.165) is 24.6 Å². The van der Waals surface area contributed by atoms with Crippen LogP contribution >= 0.6 is 0 Å². The van der Waals surface area contributed by atoms with Gasteiger partial charge >= 0.3 is 0 Å². The third-order valence-corrected chi connectivity index (χ3v) is 5.09. The van der Waals surface area contributed by atoms with Crippen LogP contribution in [0.4, 0.5) is 14.5 Å². The molecule has 148 valence electrons. The average Bonchev–Trinajstić information content (AvgIpc) is 3.16. The smallest absolute Gasteiger partial charge is 0.220 e. The van der Waals surface area contributed by atoms with Gasteiger partial charge in [0.1, 0.15) is 0 Å². The Morgan fingerprint density at radius 3 is 2.54 bits per heavy atom. The summed E-state index contributed by atoms with van der Waals surface area (Å²) in [5, 5.41) is 2.88. The highest BCUT2D eigenvalue weighted by atomic mass is 19.2. The highest BCUT2D eigenvalue weighted by molar-refractivity contribution is 5.97. The molecule has 0 saturated carbocycles. The van der Waals surface area contributed by atoms with Gasteiger partial charge < -0.3 is 10.2 Å². The fourth-order valence-electron chi connectivity index (χ4n) is 3.37. The Labute approximate surface area is 163 Å². The van der Waals surface area contributed by atoms with E-state index in [2.05, 4.69) is 5.32 Å². The summed E-state index contributed by atoms with van der Waals surface area (Å²) >= 11 is 0. The van der Waals surface area contributed by atoms with E-state index in [9.17, 15) is 18.4 Å². The maximum absolute atomic E-state index is 13.4. The minimum Gasteiger partial charge on any atom is -0.371 e. The molecule has 6 heteroatoms. The summed E-state index contributed by atoms with van der Waals surface area (Å²) in [7, 11) is 0. The highest BCUT2D eigenvalue weighted by Gasteiger charge is 2.24. The number of carbonyl (C=O) groups is 2. The molecular formula is C22H24F2N2O2. The fraction of sp³-hybridized carbons (Fsp3) is 0.364. The maximum atomic E-state index is 13.4. The lowest BCUT2D eigenvalue weighted by Gasteiger charge is -2.19. The number of ketones is 1. The molecule has 0 bridgehead atoms. The molecule has 4 nitrogen and oxygen atoms in total. The second-order valence-corrected chi connectivity index (χ2v) is 7.29. The summed E-state index contributed by atoms with van der Waals surface area (Å²) in [5.74, 6) is -1.66. The lowest BCUT2D eigenvalue weighted by Crippen LogP contribution is -2.31. The standard InChI is InChI=1S/C22H24F2N2O2/c1-15-2-4-17(5-3-15)21(27)8-9-22(28)25-13-16-10-11-26(14-16)18-6-7-19(23)20(24)12-18/h2-7,12,16H,8-11,13-14H2,1H3,(H,25,28). The van der Waals surface area contributed by atoms with Crippen LogP contribution in [-0.2, 0) is 4.79 Å². The van der Waals surface area contributed by atoms with Crippen LogP contribution < -0.4 is 10.2 Å². The van der Waals surface area contributed by atoms with Gasteiger partial charge in [0, 0.05) is 49.8 Å². The van der Waals surface area contributed by atoms with E-state index in [0.29, 0.717) is 24.3 Å². The number of Topliss-reactive ketones (excluding diaryl/α,β-unsaturated/α-hetero) is 1. The monoisotopic (exact) mass is 386 g/mol. The van der Waals surface area contributed by atoms with Crippen LogP contribution in [0.1, 0.15) is 35.2 Å². The summed E-state index contributed by atoms with van der Waals surface area (Å²) in [6.45, 7) is 3.88. The number of carbonyl (C=O) groups excluding carboxylic acids is 2. The third-order valence-electron chi connectivity index (χ3n) is 5.09. The zero-order valence-electron chi connectivity index (χ0n) is 15.9. The van der Waals surface area contributed by atoms with E-state index in [1.54, 1.807) is 18.2 Å². The first-order valence-corrected chi connectivity index (χ1v) is 9.49. The van der Waals surface area contributed by atoms with Crippen molar-refractivity contribution in [3.63, 3.8) is 0 Å². The number of aryl methyl sites for hydroxylation is 1. The molecule has 1 amide bonds. The number of hydrogen-bond acceptors (Lipinski definition) is 3. The highest BCUT2D eigenvalue weighted by Crippen LogP contribution is 2.25. The average molecular weight is 386 g/mol. The third kappa shape index (κ3) is 5.15. The Morgan fingerprint density at radius 2 is 1.82 bits per heavy atom. The molecule has 0 aliphatic carbocycles. The number of nitrogens with one attached hydrogen (secondary N) is 1. The van der Waals surface area contributed by atoms with Gasteiger partial charge in [0.25, 0.3) is 0 Å². The first-order valence-electron chi connectivity index (χ1n) is 9.49. The van der Waals surface area contributed by atoms with Crippen LogP contribution in [0, 0.1) is 24.5 Å². The van der Waals surface area contributed by atoms with Crippen molar-refractivity contribution < 1.29 is 18.4 Å². The zero-order chi connectivity index (χ0) is 20.1. The van der Waals surface area contributed by atoms with Crippen LogP contribution in [0.3, 0.4) is 0 Å². The Hall–Kier alpha value is -2.76. The van der Waals surface area contributed by atoms with Crippen molar-refractivity contribution in [1.29, 1.82) is 0 Å². The largest absolute Gasteiger partial charge is 0.371 e. The molecule has 1 fully saturated rings. The number of hydrogen-bond donors (Lipinski definition) is 1. The first-order chi connectivity index (χ1) is 13.4. The topological polar surface area (TPSA) is 49.4 Å². The predicted octanol–water partition coefficient (Wildman–Crippen LogP) is 3.88. The van der Waals surface area contributed by atoms with Gasteiger partial charge in [-0.05, 0) is 31.4 Å². The molecule has 2 aromatic rings. The van der Waals surface area contributed by atoms with Crippen molar-refractivity contribution in [3.05, 3.63) is 65.2 Å². The van der Waals surface area contributed by atoms with Crippen LogP contribution in [0.15, 0.2) is 42.5 Å². The Balaban J connectivity index is 1.40. The van der Waals surface area contributed by atoms with Gasteiger partial charge in [0.05, 0.1) is 0 Å². The molecule has 1 aliphatic heterocycles. The summed E-state index contributed by atoms with van der Waals surface area (Å²) in [6, 6.07) is 11.2. The second-order valence-electron chi connectivity index (χ2n) is 7.29. The predicted molar refractivity (Wildman–Crippen MR) is 104 cm³/mol. The molecule has 1 saturated heterocycles. The summed E-state index contributed by atoms with van der Waals surface area (Å²) in [6.07, 6.45) is 1.20. The van der Waals surface area contributed by atoms with Crippen molar-refractivity contribution in [2.24, 2.45) is 5.92 Å². The molecule has 1 atom stereocenters. The van der Waals surface area contributed by atoms with Crippen LogP contribution in [0.2, 0.25) is 0 Å². The molecule has 0 aromatic heterocycles. The Kier molecular flexibility index (Phi) is 6.39. The van der Waals surface area contributed by atoms with Crippen LogP contribution in [0.25, 0.3) is 0 Å². The summed E-state index contributed by atoms with van der Waals surface area (Å²) < 4.78 is 26.5. The Morgan fingerprint density at radius 1 is 1.07 bits per heavy atom. The fourth-order valence-corrected chi connectivity index (χ4v) is 3.37. The lowest BCUT2D eigenvalue weighted by molar-refractivity contribution is -0.121. The molecule has 1 heterocycles. The quantitative estimate of drug-likeness (QED) is 0.735. The van der Waals surface area contributed by atoms with E-state index in [4.69, 9.17) is 0 Å². The van der Waals surface area contributed by atoms with Crippen molar-refractivity contribution in [2.45, 2.75) is 26.2 Å². The number of nitrogens with zero attached hydrogens (tertiary/aromatic N) is 1. The van der Waals surface area contributed by atoms with Gasteiger partial charge in [-0.3, -0.25) is 9.59 Å². The van der Waals surface area contributed by atoms with E-state index >= 15 is 0 Å². The molecule has 28 heavy (non-hydrogen) atoms. The van der Waals surface area contributed by atoms with Crippen LogP contribution in [-0.4, -0.2) is 31.3 Å². The van der Waals surface area contributed by atoms with Crippen LogP contribution in [0.5, 0.6) is 0 Å². The number of rotatable bonds is 7. The minimum absolute atomic E-state index is 0.0412. The molecule has 1 N–H and O–H groups in total. The van der Waals surface area contributed by atoms with Crippen molar-refractivity contribution >= 4 is 17.4 Å². The molecule has 0 spiro atoms. The number of anilines is 1. The van der Waals surface area contributed by atoms with Gasteiger partial charge in [-0.1, -0.05) is 29.8 Å². The van der Waals surface area contributed by atoms with E-state index in [1.165, 1.54) is 6.07 Å². The SMILES string of the molecule is Cc1ccc(C(=O)CCC(=O)NCC2CCN(c3ccc(F)c(F)c3)C2)cc1. The van der Waals surface area contributed by atoms with Crippen molar-refractivity contribution in [3.8, 4) is 0 Å². The Bertz CT molecular complexity index is 852. The van der Waals surface area contributed by atoms with Crippen molar-refractivity contribution in [2.75, 3.05) is 24.5 Å². The molecule has 3 rings (SSSR count). The number of amides is 1. The number of benzene rings is 2. The first kappa shape index (κ1) is 20.0. The molecule has 0 radical (unpaired) electrons. The molecule has 1 aliphatic rings. The summed E-state index contributed by atoms with van der Waals surface area (Å²) in [5.41, 5.74) is 2.36. The molecular weight excluding hydrogens is 362 g/mol. The molecule has 1 unspecified atom stereocenters. The second kappa shape index (κ2) is 8.95. The van der Waals surface area contributed by atoms with Crippen molar-refractivity contribution in [1.82, 2.24) is 5.32 Å². The van der Waals surface area contributed by atoms with Gasteiger partial charge in [0.15, 0.2) is 17.4 Å². The van der Waals surface area contributed by atoms with E-state index in [1.807, 2.05) is 24.0 Å². The molecule has 2 aromatic carbocycles. The lowest BCUT2D eigenvalue weighted by atomic mass is 10.0. The zero-order valence-corrected chi connectivity index (χ0v) is 15.9. The van der Waals surface area contributed by atoms with E-state index in [-0.39, 0.29) is 30.4 Å². The normalized spacial score (nSPS) is 16.2. The van der Waals surface area contributed by atoms with Gasteiger partial charge in [0.2, 0.25) is 5.91 Å². The number of halogens is 2. The van der Waals surface area contributed by atoms with Gasteiger partial charge in [-0.2, -0.15) is 0 Å².